The molecule has 0 aliphatic carbocycles. The van der Waals surface area contributed by atoms with Crippen LogP contribution < -0.4 is 0 Å². The van der Waals surface area contributed by atoms with E-state index in [1.807, 2.05) is 24.4 Å². The van der Waals surface area contributed by atoms with Crippen molar-refractivity contribution in [2.24, 2.45) is 0 Å². The van der Waals surface area contributed by atoms with E-state index in [2.05, 4.69) is 24.2 Å². The van der Waals surface area contributed by atoms with Gasteiger partial charge in [0.2, 0.25) is 0 Å². The molecule has 0 radical (unpaired) electrons. The Bertz CT molecular complexity index is 686. The molecule has 3 aromatic heterocycles. The van der Waals surface area contributed by atoms with Crippen LogP contribution in [0.5, 0.6) is 0 Å². The molecule has 4 heteroatoms. The Hall–Kier alpha value is -1.65. The number of hydrogen-bond donors (Lipinski definition) is 1. The van der Waals surface area contributed by atoms with Crippen LogP contribution in [0.25, 0.3) is 5.52 Å². The molecule has 19 heavy (non-hydrogen) atoms. The van der Waals surface area contributed by atoms with E-state index in [1.54, 1.807) is 22.0 Å². The van der Waals surface area contributed by atoms with E-state index in [0.717, 1.165) is 17.5 Å². The molecule has 0 saturated heterocycles. The Morgan fingerprint density at radius 2 is 2.11 bits per heavy atom. The van der Waals surface area contributed by atoms with Gasteiger partial charge in [0.05, 0.1) is 17.8 Å². The van der Waals surface area contributed by atoms with Crippen LogP contribution in [0.3, 0.4) is 0 Å². The zero-order valence-electron chi connectivity index (χ0n) is 10.8. The SMILES string of the molecule is CCc1ccc(CC(O)c2cnn3ccccc23)s1. The molecule has 3 nitrogen and oxygen atoms in total. The highest BCUT2D eigenvalue weighted by Crippen LogP contribution is 2.26. The van der Waals surface area contributed by atoms with Crippen LogP contribution in [-0.4, -0.2) is 14.7 Å². The zero-order chi connectivity index (χ0) is 13.2. The first kappa shape index (κ1) is 12.4. The van der Waals surface area contributed by atoms with Gasteiger partial charge in [0.1, 0.15) is 0 Å². The second-order valence-electron chi connectivity index (χ2n) is 4.57. The summed E-state index contributed by atoms with van der Waals surface area (Å²) in [4.78, 5) is 2.58. The fraction of sp³-hybridized carbons (Fsp3) is 0.267. The summed E-state index contributed by atoms with van der Waals surface area (Å²) in [6.07, 6.45) is 4.86. The topological polar surface area (TPSA) is 37.5 Å². The van der Waals surface area contributed by atoms with Gasteiger partial charge in [0.15, 0.2) is 0 Å². The maximum atomic E-state index is 10.4. The first-order valence-corrected chi connectivity index (χ1v) is 7.27. The second kappa shape index (κ2) is 5.15. The highest BCUT2D eigenvalue weighted by molar-refractivity contribution is 7.11. The van der Waals surface area contributed by atoms with E-state index in [1.165, 1.54) is 9.75 Å². The minimum Gasteiger partial charge on any atom is -0.388 e. The van der Waals surface area contributed by atoms with Crippen molar-refractivity contribution < 1.29 is 5.11 Å². The van der Waals surface area contributed by atoms with Crippen molar-refractivity contribution in [2.75, 3.05) is 0 Å². The molecule has 0 spiro atoms. The van der Waals surface area contributed by atoms with Gasteiger partial charge < -0.3 is 5.11 Å². The summed E-state index contributed by atoms with van der Waals surface area (Å²) in [5, 5.41) is 14.7. The monoisotopic (exact) mass is 272 g/mol. The fourth-order valence-corrected chi connectivity index (χ4v) is 3.23. The standard InChI is InChI=1S/C15H16N2OS/c1-2-11-6-7-12(19-11)9-15(18)13-10-16-17-8-4-3-5-14(13)17/h3-8,10,15,18H,2,9H2,1H3. The summed E-state index contributed by atoms with van der Waals surface area (Å²) in [5.74, 6) is 0. The van der Waals surface area contributed by atoms with Crippen LogP contribution in [0.4, 0.5) is 0 Å². The van der Waals surface area contributed by atoms with Crippen LogP contribution in [0, 0.1) is 0 Å². The van der Waals surface area contributed by atoms with Gasteiger partial charge in [-0.25, -0.2) is 4.52 Å². The van der Waals surface area contributed by atoms with Gasteiger partial charge >= 0.3 is 0 Å². The van der Waals surface area contributed by atoms with E-state index in [4.69, 9.17) is 0 Å². The van der Waals surface area contributed by atoms with Crippen LogP contribution in [0.2, 0.25) is 0 Å². The predicted octanol–water partition coefficient (Wildman–Crippen LogP) is 3.23. The Labute approximate surface area is 116 Å². The van der Waals surface area contributed by atoms with Crippen LogP contribution >= 0.6 is 11.3 Å². The van der Waals surface area contributed by atoms with Crippen molar-refractivity contribution >= 4 is 16.9 Å². The van der Waals surface area contributed by atoms with Crippen molar-refractivity contribution in [3.05, 3.63) is 58.0 Å². The lowest BCUT2D eigenvalue weighted by Gasteiger charge is -2.07. The number of aliphatic hydroxyl groups excluding tert-OH is 1. The minimum absolute atomic E-state index is 0.497. The summed E-state index contributed by atoms with van der Waals surface area (Å²) in [6.45, 7) is 2.15. The minimum atomic E-state index is -0.497. The number of aliphatic hydroxyl groups is 1. The summed E-state index contributed by atoms with van der Waals surface area (Å²) in [7, 11) is 0. The van der Waals surface area contributed by atoms with E-state index in [-0.39, 0.29) is 0 Å². The molecule has 1 atom stereocenters. The highest BCUT2D eigenvalue weighted by atomic mass is 32.1. The molecular formula is C15H16N2OS. The van der Waals surface area contributed by atoms with Crippen molar-refractivity contribution in [3.63, 3.8) is 0 Å². The first-order valence-electron chi connectivity index (χ1n) is 6.46. The van der Waals surface area contributed by atoms with E-state index in [0.29, 0.717) is 6.42 Å². The van der Waals surface area contributed by atoms with Gasteiger partial charge in [-0.1, -0.05) is 13.0 Å². The van der Waals surface area contributed by atoms with Crippen LogP contribution in [0.15, 0.2) is 42.7 Å². The molecule has 0 fully saturated rings. The molecule has 0 aliphatic rings. The summed E-state index contributed by atoms with van der Waals surface area (Å²) < 4.78 is 1.80. The molecule has 1 N–H and O–H groups in total. The van der Waals surface area contributed by atoms with Gasteiger partial charge in [0.25, 0.3) is 0 Å². The average molecular weight is 272 g/mol. The Morgan fingerprint density at radius 1 is 1.26 bits per heavy atom. The number of thiophene rings is 1. The molecule has 0 saturated carbocycles. The van der Waals surface area contributed by atoms with E-state index in [9.17, 15) is 5.11 Å². The Balaban J connectivity index is 1.85. The molecule has 1 unspecified atom stereocenters. The smallest absolute Gasteiger partial charge is 0.0874 e. The Morgan fingerprint density at radius 3 is 2.89 bits per heavy atom. The van der Waals surface area contributed by atoms with Crippen LogP contribution in [0.1, 0.15) is 28.3 Å². The van der Waals surface area contributed by atoms with Gasteiger partial charge in [-0.2, -0.15) is 5.10 Å². The quantitative estimate of drug-likeness (QED) is 0.791. The van der Waals surface area contributed by atoms with Gasteiger partial charge in [0, 0.05) is 27.9 Å². The van der Waals surface area contributed by atoms with E-state index >= 15 is 0 Å². The molecule has 0 aliphatic heterocycles. The third kappa shape index (κ3) is 2.41. The predicted molar refractivity (Wildman–Crippen MR) is 77.6 cm³/mol. The number of hydrogen-bond acceptors (Lipinski definition) is 3. The van der Waals surface area contributed by atoms with Gasteiger partial charge in [-0.05, 0) is 30.7 Å². The third-order valence-electron chi connectivity index (χ3n) is 3.28. The van der Waals surface area contributed by atoms with Crippen LogP contribution in [-0.2, 0) is 12.8 Å². The van der Waals surface area contributed by atoms with E-state index < -0.39 is 6.10 Å². The molecule has 3 rings (SSSR count). The summed E-state index contributed by atoms with van der Waals surface area (Å²) in [5.41, 5.74) is 1.87. The summed E-state index contributed by atoms with van der Waals surface area (Å²) >= 11 is 1.78. The lowest BCUT2D eigenvalue weighted by molar-refractivity contribution is 0.181. The number of aryl methyl sites for hydroxylation is 1. The first-order chi connectivity index (χ1) is 9.28. The third-order valence-corrected chi connectivity index (χ3v) is 4.53. The number of rotatable bonds is 4. The lowest BCUT2D eigenvalue weighted by Crippen LogP contribution is -2.00. The highest BCUT2D eigenvalue weighted by Gasteiger charge is 2.14. The zero-order valence-corrected chi connectivity index (χ0v) is 11.6. The average Bonchev–Trinajstić information content (AvgIpc) is 3.04. The lowest BCUT2D eigenvalue weighted by atomic mass is 10.1. The molecule has 3 heterocycles. The maximum Gasteiger partial charge on any atom is 0.0874 e. The van der Waals surface area contributed by atoms with Gasteiger partial charge in [-0.15, -0.1) is 11.3 Å². The molecule has 3 aromatic rings. The number of aromatic nitrogens is 2. The number of nitrogens with zero attached hydrogens (tertiary/aromatic N) is 2. The molecule has 98 valence electrons. The normalized spacial score (nSPS) is 12.9. The molecule has 0 amide bonds. The van der Waals surface area contributed by atoms with Crippen molar-refractivity contribution in [2.45, 2.75) is 25.9 Å². The van der Waals surface area contributed by atoms with Gasteiger partial charge in [-0.3, -0.25) is 0 Å². The molecule has 0 aromatic carbocycles. The van der Waals surface area contributed by atoms with Crippen molar-refractivity contribution in [1.82, 2.24) is 9.61 Å². The largest absolute Gasteiger partial charge is 0.388 e. The molecule has 0 bridgehead atoms. The maximum absolute atomic E-state index is 10.4. The van der Waals surface area contributed by atoms with Crippen molar-refractivity contribution in [3.8, 4) is 0 Å². The number of pyridine rings is 1. The molecular weight excluding hydrogens is 256 g/mol. The fourth-order valence-electron chi connectivity index (χ4n) is 2.23. The number of fused-ring (bicyclic) bond motifs is 1. The van der Waals surface area contributed by atoms with Crippen molar-refractivity contribution in [1.29, 1.82) is 0 Å². The summed E-state index contributed by atoms with van der Waals surface area (Å²) in [6, 6.07) is 10.1. The second-order valence-corrected chi connectivity index (χ2v) is 5.82. The Kier molecular flexibility index (Phi) is 3.36.